The van der Waals surface area contributed by atoms with Crippen LogP contribution >= 0.6 is 11.6 Å². The lowest BCUT2D eigenvalue weighted by Gasteiger charge is -2.34. The Morgan fingerprint density at radius 1 is 0.864 bits per heavy atom. The summed E-state index contributed by atoms with van der Waals surface area (Å²) in [6.45, 7) is 2.83. The molecule has 0 aliphatic rings. The zero-order chi connectivity index (χ0) is 31.7. The molecule has 10 heteroatoms. The fourth-order valence-electron chi connectivity index (χ4n) is 4.69. The summed E-state index contributed by atoms with van der Waals surface area (Å²) in [6.07, 6.45) is 0.779. The van der Waals surface area contributed by atoms with Crippen LogP contribution in [0.1, 0.15) is 31.4 Å². The van der Waals surface area contributed by atoms with Crippen molar-refractivity contribution < 1.29 is 22.4 Å². The number of benzene rings is 4. The van der Waals surface area contributed by atoms with Gasteiger partial charge in [-0.1, -0.05) is 97.4 Å². The number of anilines is 1. The number of nitrogens with zero attached hydrogens (tertiary/aromatic N) is 2. The van der Waals surface area contributed by atoms with Gasteiger partial charge in [-0.25, -0.2) is 12.8 Å². The van der Waals surface area contributed by atoms with Gasteiger partial charge in [0, 0.05) is 24.6 Å². The van der Waals surface area contributed by atoms with Gasteiger partial charge in [0.1, 0.15) is 18.4 Å². The number of amides is 2. The van der Waals surface area contributed by atoms with Gasteiger partial charge in [0.2, 0.25) is 11.8 Å². The van der Waals surface area contributed by atoms with Gasteiger partial charge in [0.15, 0.2) is 0 Å². The molecule has 0 saturated heterocycles. The molecule has 0 bridgehead atoms. The van der Waals surface area contributed by atoms with Crippen LogP contribution in [0.15, 0.2) is 114 Å². The molecule has 4 rings (SSSR count). The number of nitrogens with one attached hydrogen (secondary N) is 1. The smallest absolute Gasteiger partial charge is 0.264 e. The topological polar surface area (TPSA) is 86.8 Å². The van der Waals surface area contributed by atoms with Crippen molar-refractivity contribution in [3.05, 3.63) is 131 Å². The number of sulfonamides is 1. The Morgan fingerprint density at radius 2 is 1.45 bits per heavy atom. The van der Waals surface area contributed by atoms with Crippen LogP contribution in [-0.2, 0) is 32.6 Å². The van der Waals surface area contributed by atoms with Gasteiger partial charge in [-0.15, -0.1) is 0 Å². The van der Waals surface area contributed by atoms with Crippen LogP contribution in [0.5, 0.6) is 0 Å². The van der Waals surface area contributed by atoms with Crippen molar-refractivity contribution in [3.8, 4) is 0 Å². The first-order valence-electron chi connectivity index (χ1n) is 14.3. The largest absolute Gasteiger partial charge is 0.352 e. The van der Waals surface area contributed by atoms with Gasteiger partial charge >= 0.3 is 0 Å². The maximum Gasteiger partial charge on any atom is 0.264 e. The third-order valence-electron chi connectivity index (χ3n) is 7.30. The molecule has 0 aliphatic heterocycles. The highest BCUT2D eigenvalue weighted by Gasteiger charge is 2.35. The summed E-state index contributed by atoms with van der Waals surface area (Å²) in [5.74, 6) is -1.68. The van der Waals surface area contributed by atoms with E-state index in [0.29, 0.717) is 6.42 Å². The quantitative estimate of drug-likeness (QED) is 0.189. The van der Waals surface area contributed by atoms with Crippen molar-refractivity contribution in [1.29, 1.82) is 0 Å². The van der Waals surface area contributed by atoms with Gasteiger partial charge in [-0.2, -0.15) is 0 Å². The first-order chi connectivity index (χ1) is 21.1. The number of carbonyl (C=O) groups is 2. The molecule has 0 fully saturated rings. The number of para-hydroxylation sites is 1. The molecule has 0 unspecified atom stereocenters. The fraction of sp³-hybridized carbons (Fsp3) is 0.235. The van der Waals surface area contributed by atoms with Crippen molar-refractivity contribution in [2.45, 2.75) is 50.2 Å². The third kappa shape index (κ3) is 8.03. The van der Waals surface area contributed by atoms with Gasteiger partial charge < -0.3 is 10.2 Å². The average Bonchev–Trinajstić information content (AvgIpc) is 3.03. The van der Waals surface area contributed by atoms with Crippen molar-refractivity contribution in [2.24, 2.45) is 0 Å². The maximum atomic E-state index is 15.0. The second-order valence-electron chi connectivity index (χ2n) is 10.4. The van der Waals surface area contributed by atoms with Crippen LogP contribution < -0.4 is 9.62 Å². The number of rotatable bonds is 13. The van der Waals surface area contributed by atoms with E-state index in [9.17, 15) is 22.4 Å². The lowest BCUT2D eigenvalue weighted by molar-refractivity contribution is -0.140. The van der Waals surface area contributed by atoms with E-state index < -0.39 is 40.2 Å². The Morgan fingerprint density at radius 3 is 2.09 bits per heavy atom. The van der Waals surface area contributed by atoms with Crippen LogP contribution in [0.2, 0.25) is 5.02 Å². The van der Waals surface area contributed by atoms with E-state index in [1.165, 1.54) is 47.4 Å². The van der Waals surface area contributed by atoms with Crippen LogP contribution in [0, 0.1) is 5.82 Å². The highest BCUT2D eigenvalue weighted by Crippen LogP contribution is 2.31. The molecule has 0 spiro atoms. The highest BCUT2D eigenvalue weighted by molar-refractivity contribution is 7.92. The molecule has 44 heavy (non-hydrogen) atoms. The van der Waals surface area contributed by atoms with Crippen LogP contribution in [0.3, 0.4) is 0 Å². The lowest BCUT2D eigenvalue weighted by Crippen LogP contribution is -2.54. The molecule has 4 aromatic rings. The minimum Gasteiger partial charge on any atom is -0.352 e. The molecule has 0 aromatic heterocycles. The fourth-order valence-corrected chi connectivity index (χ4v) is 6.43. The SMILES string of the molecule is CC[C@@H](C)NC(=O)[C@H](Cc1ccccc1)N(Cc1ccccc1F)C(=O)CN(c1ccccc1Cl)S(=O)(=O)c1ccccc1. The van der Waals surface area contributed by atoms with Crippen LogP contribution in [0.4, 0.5) is 10.1 Å². The van der Waals surface area contributed by atoms with Gasteiger partial charge in [0.25, 0.3) is 10.0 Å². The van der Waals surface area contributed by atoms with Crippen molar-refractivity contribution in [1.82, 2.24) is 10.2 Å². The summed E-state index contributed by atoms with van der Waals surface area (Å²) in [5, 5.41) is 3.08. The number of carbonyl (C=O) groups excluding carboxylic acids is 2. The summed E-state index contributed by atoms with van der Waals surface area (Å²) in [5.41, 5.74) is 1.06. The second kappa shape index (κ2) is 15.0. The Balaban J connectivity index is 1.82. The van der Waals surface area contributed by atoms with Gasteiger partial charge in [-0.3, -0.25) is 13.9 Å². The summed E-state index contributed by atoms with van der Waals surface area (Å²) < 4.78 is 43.9. The molecular weight excluding hydrogens is 601 g/mol. The monoisotopic (exact) mass is 635 g/mol. The molecular formula is C34H35ClFN3O4S. The summed E-state index contributed by atoms with van der Waals surface area (Å²) in [4.78, 5) is 29.4. The number of hydrogen-bond acceptors (Lipinski definition) is 4. The summed E-state index contributed by atoms with van der Waals surface area (Å²) >= 11 is 6.47. The Labute approximate surface area is 263 Å². The van der Waals surface area contributed by atoms with Crippen molar-refractivity contribution >= 4 is 39.1 Å². The molecule has 4 aromatic carbocycles. The maximum absolute atomic E-state index is 15.0. The highest BCUT2D eigenvalue weighted by atomic mass is 35.5. The Hall–Kier alpha value is -4.21. The molecule has 0 heterocycles. The van der Waals surface area contributed by atoms with Crippen molar-refractivity contribution in [3.63, 3.8) is 0 Å². The second-order valence-corrected chi connectivity index (χ2v) is 12.7. The summed E-state index contributed by atoms with van der Waals surface area (Å²) in [6, 6.07) is 27.9. The molecule has 0 radical (unpaired) electrons. The van der Waals surface area contributed by atoms with E-state index in [4.69, 9.17) is 11.6 Å². The lowest BCUT2D eigenvalue weighted by atomic mass is 10.0. The van der Waals surface area contributed by atoms with Crippen LogP contribution in [0.25, 0.3) is 0 Å². The first-order valence-corrected chi connectivity index (χ1v) is 16.1. The van der Waals surface area contributed by atoms with E-state index in [0.717, 1.165) is 9.87 Å². The van der Waals surface area contributed by atoms with Crippen LogP contribution in [-0.4, -0.2) is 43.8 Å². The average molecular weight is 636 g/mol. The normalized spacial score (nSPS) is 12.6. The molecule has 1 N–H and O–H groups in total. The predicted octanol–water partition coefficient (Wildman–Crippen LogP) is 6.23. The minimum absolute atomic E-state index is 0.0382. The van der Waals surface area contributed by atoms with Gasteiger partial charge in [-0.05, 0) is 49.2 Å². The number of hydrogen-bond donors (Lipinski definition) is 1. The minimum atomic E-state index is -4.29. The van der Waals surface area contributed by atoms with E-state index >= 15 is 0 Å². The molecule has 7 nitrogen and oxygen atoms in total. The summed E-state index contributed by atoms with van der Waals surface area (Å²) in [7, 11) is -4.29. The molecule has 2 amide bonds. The standard InChI is InChI=1S/C34H35ClFN3O4S/c1-3-25(2)37-34(41)32(22-26-14-6-4-7-15-26)38(23-27-16-10-12-20-30(27)36)33(40)24-39(31-21-13-11-19-29(31)35)44(42,43)28-17-8-5-9-18-28/h4-21,25,32H,3,22-24H2,1-2H3,(H,37,41)/t25-,32+/m1/s1. The van der Waals surface area contributed by atoms with E-state index in [-0.39, 0.29) is 40.2 Å². The zero-order valence-electron chi connectivity index (χ0n) is 24.6. The molecule has 0 saturated carbocycles. The Bertz CT molecular complexity index is 1670. The predicted molar refractivity (Wildman–Crippen MR) is 171 cm³/mol. The van der Waals surface area contributed by atoms with Gasteiger partial charge in [0.05, 0.1) is 15.6 Å². The van der Waals surface area contributed by atoms with E-state index in [1.54, 1.807) is 36.4 Å². The first kappa shape index (κ1) is 32.7. The van der Waals surface area contributed by atoms with Crippen molar-refractivity contribution in [2.75, 3.05) is 10.8 Å². The number of halogens is 2. The zero-order valence-corrected chi connectivity index (χ0v) is 26.1. The Kier molecular flexibility index (Phi) is 11.1. The van der Waals surface area contributed by atoms with E-state index in [2.05, 4.69) is 5.32 Å². The molecule has 230 valence electrons. The van der Waals surface area contributed by atoms with E-state index in [1.807, 2.05) is 44.2 Å². The third-order valence-corrected chi connectivity index (χ3v) is 9.40. The molecule has 0 aliphatic carbocycles. The molecule has 2 atom stereocenters.